The number of ether oxygens (including phenoxy) is 1. The SMILES string of the molecule is CCC1(CC)CCN(Cc2cc(OC)ccc2Br)C1. The fraction of sp³-hybridized carbons (Fsp3) is 0.625. The molecular formula is C16H24BrNO. The Bertz CT molecular complexity index is 429. The molecule has 0 N–H and O–H groups in total. The Balaban J connectivity index is 2.06. The average molecular weight is 326 g/mol. The summed E-state index contributed by atoms with van der Waals surface area (Å²) in [5, 5.41) is 0. The van der Waals surface area contributed by atoms with Crippen LogP contribution in [0.2, 0.25) is 0 Å². The zero-order chi connectivity index (χ0) is 13.9. The number of nitrogens with zero attached hydrogens (tertiary/aromatic N) is 1. The molecule has 0 aliphatic carbocycles. The first-order valence-corrected chi connectivity index (χ1v) is 7.96. The Hall–Kier alpha value is -0.540. The van der Waals surface area contributed by atoms with Crippen molar-refractivity contribution >= 4 is 15.9 Å². The first kappa shape index (κ1) is 14.9. The molecule has 0 amide bonds. The molecule has 0 saturated carbocycles. The molecule has 19 heavy (non-hydrogen) atoms. The van der Waals surface area contributed by atoms with Crippen LogP contribution in [-0.4, -0.2) is 25.1 Å². The summed E-state index contributed by atoms with van der Waals surface area (Å²) in [5.41, 5.74) is 1.87. The molecule has 1 aromatic rings. The molecule has 0 bridgehead atoms. The quantitative estimate of drug-likeness (QED) is 0.791. The van der Waals surface area contributed by atoms with E-state index < -0.39 is 0 Å². The molecule has 1 fully saturated rings. The first-order valence-electron chi connectivity index (χ1n) is 7.17. The van der Waals surface area contributed by atoms with E-state index in [-0.39, 0.29) is 0 Å². The number of methoxy groups -OCH3 is 1. The van der Waals surface area contributed by atoms with Crippen molar-refractivity contribution < 1.29 is 4.74 Å². The third kappa shape index (κ3) is 3.32. The van der Waals surface area contributed by atoms with Gasteiger partial charge < -0.3 is 4.74 Å². The van der Waals surface area contributed by atoms with Crippen LogP contribution in [0.1, 0.15) is 38.7 Å². The topological polar surface area (TPSA) is 12.5 Å². The minimum atomic E-state index is 0.547. The molecule has 1 saturated heterocycles. The lowest BCUT2D eigenvalue weighted by Gasteiger charge is -2.26. The molecule has 106 valence electrons. The summed E-state index contributed by atoms with van der Waals surface area (Å²) in [7, 11) is 1.72. The minimum absolute atomic E-state index is 0.547. The van der Waals surface area contributed by atoms with Gasteiger partial charge in [0, 0.05) is 17.6 Å². The van der Waals surface area contributed by atoms with Crippen LogP contribution in [0, 0.1) is 5.41 Å². The molecule has 0 spiro atoms. The van der Waals surface area contributed by atoms with Crippen molar-refractivity contribution in [1.82, 2.24) is 4.90 Å². The predicted octanol–water partition coefficient (Wildman–Crippen LogP) is 4.47. The van der Waals surface area contributed by atoms with Crippen LogP contribution in [0.5, 0.6) is 5.75 Å². The number of benzene rings is 1. The highest BCUT2D eigenvalue weighted by Gasteiger charge is 2.34. The number of halogens is 1. The molecule has 1 heterocycles. The molecule has 0 atom stereocenters. The second-order valence-corrected chi connectivity index (χ2v) is 6.48. The van der Waals surface area contributed by atoms with Gasteiger partial charge in [0.15, 0.2) is 0 Å². The highest BCUT2D eigenvalue weighted by molar-refractivity contribution is 9.10. The summed E-state index contributed by atoms with van der Waals surface area (Å²) >= 11 is 3.65. The Morgan fingerprint density at radius 1 is 1.32 bits per heavy atom. The Labute approximate surface area is 125 Å². The van der Waals surface area contributed by atoms with E-state index in [2.05, 4.69) is 46.8 Å². The maximum absolute atomic E-state index is 5.32. The second-order valence-electron chi connectivity index (χ2n) is 5.63. The highest BCUT2D eigenvalue weighted by Crippen LogP contribution is 2.38. The van der Waals surface area contributed by atoms with Gasteiger partial charge in [-0.15, -0.1) is 0 Å². The Kier molecular flexibility index (Phi) is 4.91. The third-order valence-corrected chi connectivity index (χ3v) is 5.44. The molecular weight excluding hydrogens is 302 g/mol. The van der Waals surface area contributed by atoms with Gasteiger partial charge in [-0.2, -0.15) is 0 Å². The van der Waals surface area contributed by atoms with Crippen LogP contribution in [-0.2, 0) is 6.54 Å². The van der Waals surface area contributed by atoms with E-state index in [1.165, 1.54) is 42.4 Å². The number of likely N-dealkylation sites (tertiary alicyclic amines) is 1. The fourth-order valence-electron chi connectivity index (χ4n) is 3.03. The average Bonchev–Trinajstić information content (AvgIpc) is 2.85. The summed E-state index contributed by atoms with van der Waals surface area (Å²) in [6.45, 7) is 8.11. The summed E-state index contributed by atoms with van der Waals surface area (Å²) < 4.78 is 6.50. The largest absolute Gasteiger partial charge is 0.497 e. The summed E-state index contributed by atoms with van der Waals surface area (Å²) in [5.74, 6) is 0.939. The lowest BCUT2D eigenvalue weighted by molar-refractivity contribution is 0.236. The van der Waals surface area contributed by atoms with Crippen LogP contribution in [0.3, 0.4) is 0 Å². The Morgan fingerprint density at radius 2 is 2.05 bits per heavy atom. The number of hydrogen-bond donors (Lipinski definition) is 0. The number of hydrogen-bond acceptors (Lipinski definition) is 2. The molecule has 2 rings (SSSR count). The predicted molar refractivity (Wildman–Crippen MR) is 83.6 cm³/mol. The van der Waals surface area contributed by atoms with E-state index in [0.717, 1.165) is 12.3 Å². The summed E-state index contributed by atoms with van der Waals surface area (Å²) in [6.07, 6.45) is 3.92. The van der Waals surface area contributed by atoms with E-state index >= 15 is 0 Å². The van der Waals surface area contributed by atoms with Crippen LogP contribution < -0.4 is 4.74 Å². The van der Waals surface area contributed by atoms with Crippen molar-refractivity contribution in [3.05, 3.63) is 28.2 Å². The molecule has 1 aliphatic heterocycles. The van der Waals surface area contributed by atoms with Crippen molar-refractivity contribution in [2.45, 2.75) is 39.7 Å². The monoisotopic (exact) mass is 325 g/mol. The van der Waals surface area contributed by atoms with Gasteiger partial charge in [-0.25, -0.2) is 0 Å². The van der Waals surface area contributed by atoms with Crippen LogP contribution >= 0.6 is 15.9 Å². The van der Waals surface area contributed by atoms with Crippen LogP contribution in [0.4, 0.5) is 0 Å². The zero-order valence-electron chi connectivity index (χ0n) is 12.2. The summed E-state index contributed by atoms with van der Waals surface area (Å²) in [4.78, 5) is 2.58. The molecule has 1 aromatic carbocycles. The van der Waals surface area contributed by atoms with Crippen molar-refractivity contribution in [2.75, 3.05) is 20.2 Å². The van der Waals surface area contributed by atoms with Gasteiger partial charge in [-0.05, 0) is 55.0 Å². The van der Waals surface area contributed by atoms with Gasteiger partial charge >= 0.3 is 0 Å². The lowest BCUT2D eigenvalue weighted by atomic mass is 9.82. The van der Waals surface area contributed by atoms with E-state index in [1.807, 2.05) is 6.07 Å². The van der Waals surface area contributed by atoms with E-state index in [0.29, 0.717) is 5.41 Å². The minimum Gasteiger partial charge on any atom is -0.497 e. The van der Waals surface area contributed by atoms with Gasteiger partial charge in [0.2, 0.25) is 0 Å². The summed E-state index contributed by atoms with van der Waals surface area (Å²) in [6, 6.07) is 6.22. The van der Waals surface area contributed by atoms with Crippen molar-refractivity contribution in [3.8, 4) is 5.75 Å². The smallest absolute Gasteiger partial charge is 0.119 e. The standard InChI is InChI=1S/C16H24BrNO/c1-4-16(5-2)8-9-18(12-16)11-13-10-14(19-3)6-7-15(13)17/h6-7,10H,4-5,8-9,11-12H2,1-3H3. The highest BCUT2D eigenvalue weighted by atomic mass is 79.9. The molecule has 0 unspecified atom stereocenters. The van der Waals surface area contributed by atoms with E-state index in [4.69, 9.17) is 4.74 Å². The van der Waals surface area contributed by atoms with Crippen molar-refractivity contribution in [3.63, 3.8) is 0 Å². The molecule has 0 aromatic heterocycles. The second kappa shape index (κ2) is 6.27. The van der Waals surface area contributed by atoms with Crippen LogP contribution in [0.25, 0.3) is 0 Å². The van der Waals surface area contributed by atoms with Gasteiger partial charge in [-0.1, -0.05) is 29.8 Å². The zero-order valence-corrected chi connectivity index (χ0v) is 13.8. The first-order chi connectivity index (χ1) is 9.12. The molecule has 1 aliphatic rings. The molecule has 3 heteroatoms. The van der Waals surface area contributed by atoms with Gasteiger partial charge in [0.25, 0.3) is 0 Å². The maximum atomic E-state index is 5.32. The maximum Gasteiger partial charge on any atom is 0.119 e. The van der Waals surface area contributed by atoms with Crippen molar-refractivity contribution in [2.24, 2.45) is 5.41 Å². The van der Waals surface area contributed by atoms with Gasteiger partial charge in [0.1, 0.15) is 5.75 Å². The third-order valence-electron chi connectivity index (χ3n) is 4.66. The number of rotatable bonds is 5. The fourth-order valence-corrected chi connectivity index (χ4v) is 3.40. The normalized spacial score (nSPS) is 18.7. The van der Waals surface area contributed by atoms with E-state index in [9.17, 15) is 0 Å². The lowest BCUT2D eigenvalue weighted by Crippen LogP contribution is -2.26. The Morgan fingerprint density at radius 3 is 2.63 bits per heavy atom. The molecule has 0 radical (unpaired) electrons. The molecule has 2 nitrogen and oxygen atoms in total. The van der Waals surface area contributed by atoms with Crippen molar-refractivity contribution in [1.29, 1.82) is 0 Å². The van der Waals surface area contributed by atoms with E-state index in [1.54, 1.807) is 7.11 Å². The van der Waals surface area contributed by atoms with Gasteiger partial charge in [-0.3, -0.25) is 4.90 Å². The van der Waals surface area contributed by atoms with Crippen LogP contribution in [0.15, 0.2) is 22.7 Å². The van der Waals surface area contributed by atoms with Gasteiger partial charge in [0.05, 0.1) is 7.11 Å².